The topological polar surface area (TPSA) is 51.6 Å². The predicted molar refractivity (Wildman–Crippen MR) is 93.5 cm³/mol. The smallest absolute Gasteiger partial charge is 0.128 e. The van der Waals surface area contributed by atoms with Crippen LogP contribution in [0.4, 0.5) is 0 Å². The standard InChI is InChI=1S/C18H10N4S/c1-2-4-13-11(3-1)5-6-14(22-13)17-16-12-9-19-8-7-15(12)23-18(16)21-10-20-17/h1-10H. The molecule has 5 aromatic rings. The number of pyridine rings is 2. The zero-order valence-corrected chi connectivity index (χ0v) is 12.8. The summed E-state index contributed by atoms with van der Waals surface area (Å²) in [7, 11) is 0. The van der Waals surface area contributed by atoms with Crippen LogP contribution in [0, 0.1) is 0 Å². The Morgan fingerprint density at radius 2 is 1.87 bits per heavy atom. The van der Waals surface area contributed by atoms with Gasteiger partial charge in [-0.05, 0) is 18.2 Å². The Balaban J connectivity index is 1.87. The van der Waals surface area contributed by atoms with Crippen LogP contribution in [0.1, 0.15) is 0 Å². The molecular formula is C18H10N4S. The van der Waals surface area contributed by atoms with Crippen LogP contribution < -0.4 is 0 Å². The molecule has 0 fully saturated rings. The second-order valence-corrected chi connectivity index (χ2v) is 6.30. The molecule has 4 heterocycles. The van der Waals surface area contributed by atoms with E-state index in [1.165, 1.54) is 0 Å². The van der Waals surface area contributed by atoms with Gasteiger partial charge in [-0.15, -0.1) is 11.3 Å². The van der Waals surface area contributed by atoms with E-state index in [1.54, 1.807) is 23.9 Å². The van der Waals surface area contributed by atoms with Gasteiger partial charge >= 0.3 is 0 Å². The predicted octanol–water partition coefficient (Wildman–Crippen LogP) is 4.45. The summed E-state index contributed by atoms with van der Waals surface area (Å²) in [6.07, 6.45) is 5.29. The number of hydrogen-bond acceptors (Lipinski definition) is 5. The number of hydrogen-bond donors (Lipinski definition) is 0. The van der Waals surface area contributed by atoms with Crippen molar-refractivity contribution < 1.29 is 0 Å². The minimum absolute atomic E-state index is 0.861. The quantitative estimate of drug-likeness (QED) is 0.458. The molecule has 5 rings (SSSR count). The second kappa shape index (κ2) is 4.79. The molecule has 0 aliphatic heterocycles. The number of para-hydroxylation sites is 1. The first kappa shape index (κ1) is 12.6. The lowest BCUT2D eigenvalue weighted by molar-refractivity contribution is 1.22. The van der Waals surface area contributed by atoms with Gasteiger partial charge in [-0.1, -0.05) is 24.3 Å². The van der Waals surface area contributed by atoms with Gasteiger partial charge in [0.1, 0.15) is 16.9 Å². The lowest BCUT2D eigenvalue weighted by Gasteiger charge is -2.04. The molecule has 0 amide bonds. The molecule has 4 aromatic heterocycles. The first-order valence-corrected chi connectivity index (χ1v) is 8.05. The minimum Gasteiger partial charge on any atom is -0.264 e. The minimum atomic E-state index is 0.861. The van der Waals surface area contributed by atoms with Crippen LogP contribution in [0.15, 0.2) is 61.2 Å². The molecule has 0 atom stereocenters. The van der Waals surface area contributed by atoms with Gasteiger partial charge < -0.3 is 0 Å². The average molecular weight is 314 g/mol. The number of rotatable bonds is 1. The highest BCUT2D eigenvalue weighted by Crippen LogP contribution is 2.36. The van der Waals surface area contributed by atoms with Crippen molar-refractivity contribution in [3.63, 3.8) is 0 Å². The van der Waals surface area contributed by atoms with Crippen molar-refractivity contribution in [2.75, 3.05) is 0 Å². The van der Waals surface area contributed by atoms with E-state index in [-0.39, 0.29) is 0 Å². The van der Waals surface area contributed by atoms with Gasteiger partial charge in [0.05, 0.1) is 11.2 Å². The number of nitrogens with zero attached hydrogens (tertiary/aromatic N) is 4. The van der Waals surface area contributed by atoms with Gasteiger partial charge in [-0.3, -0.25) is 4.98 Å². The molecule has 23 heavy (non-hydrogen) atoms. The molecule has 0 N–H and O–H groups in total. The lowest BCUT2D eigenvalue weighted by Crippen LogP contribution is -1.90. The van der Waals surface area contributed by atoms with Crippen LogP contribution in [-0.2, 0) is 0 Å². The summed E-state index contributed by atoms with van der Waals surface area (Å²) in [5.74, 6) is 0. The number of aromatic nitrogens is 4. The zero-order valence-electron chi connectivity index (χ0n) is 12.0. The van der Waals surface area contributed by atoms with E-state index in [9.17, 15) is 0 Å². The lowest BCUT2D eigenvalue weighted by atomic mass is 10.1. The molecule has 0 unspecified atom stereocenters. The molecule has 0 radical (unpaired) electrons. The second-order valence-electron chi connectivity index (χ2n) is 5.27. The monoisotopic (exact) mass is 314 g/mol. The molecule has 1 aromatic carbocycles. The van der Waals surface area contributed by atoms with E-state index >= 15 is 0 Å². The van der Waals surface area contributed by atoms with Crippen molar-refractivity contribution in [1.29, 1.82) is 0 Å². The van der Waals surface area contributed by atoms with Crippen LogP contribution in [0.25, 0.3) is 42.6 Å². The first-order valence-electron chi connectivity index (χ1n) is 7.23. The number of thiophene rings is 1. The Morgan fingerprint density at radius 3 is 2.87 bits per heavy atom. The van der Waals surface area contributed by atoms with E-state index in [0.29, 0.717) is 0 Å². The fourth-order valence-electron chi connectivity index (χ4n) is 2.84. The van der Waals surface area contributed by atoms with E-state index in [2.05, 4.69) is 27.1 Å². The van der Waals surface area contributed by atoms with Gasteiger partial charge in [-0.25, -0.2) is 15.0 Å². The van der Waals surface area contributed by atoms with Crippen molar-refractivity contribution in [2.24, 2.45) is 0 Å². The van der Waals surface area contributed by atoms with Gasteiger partial charge in [0, 0.05) is 33.3 Å². The molecule has 0 aliphatic rings. The van der Waals surface area contributed by atoms with E-state index in [0.717, 1.165) is 42.6 Å². The van der Waals surface area contributed by atoms with Crippen LogP contribution in [0.2, 0.25) is 0 Å². The van der Waals surface area contributed by atoms with Gasteiger partial charge in [0.15, 0.2) is 0 Å². The molecule has 4 nitrogen and oxygen atoms in total. The van der Waals surface area contributed by atoms with Gasteiger partial charge in [0.2, 0.25) is 0 Å². The summed E-state index contributed by atoms with van der Waals surface area (Å²) in [5, 5.41) is 3.24. The summed E-state index contributed by atoms with van der Waals surface area (Å²) >= 11 is 1.66. The third-order valence-corrected chi connectivity index (χ3v) is 4.99. The molecule has 0 aliphatic carbocycles. The molecule has 0 spiro atoms. The van der Waals surface area contributed by atoms with Crippen molar-refractivity contribution in [1.82, 2.24) is 19.9 Å². The summed E-state index contributed by atoms with van der Waals surface area (Å²) in [4.78, 5) is 18.9. The Hall–Kier alpha value is -2.92. The average Bonchev–Trinajstić information content (AvgIpc) is 3.00. The van der Waals surface area contributed by atoms with Gasteiger partial charge in [0.25, 0.3) is 0 Å². The Bertz CT molecular complexity index is 1180. The molecule has 0 bridgehead atoms. The molecule has 5 heteroatoms. The molecule has 0 saturated carbocycles. The van der Waals surface area contributed by atoms with Gasteiger partial charge in [-0.2, -0.15) is 0 Å². The maximum Gasteiger partial charge on any atom is 0.128 e. The third-order valence-electron chi connectivity index (χ3n) is 3.91. The summed E-state index contributed by atoms with van der Waals surface area (Å²) < 4.78 is 1.16. The van der Waals surface area contributed by atoms with Crippen LogP contribution in [0.3, 0.4) is 0 Å². The molecule has 108 valence electrons. The van der Waals surface area contributed by atoms with Crippen LogP contribution >= 0.6 is 11.3 Å². The maximum atomic E-state index is 4.78. The number of benzene rings is 1. The fraction of sp³-hybridized carbons (Fsp3) is 0. The normalized spacial score (nSPS) is 11.5. The van der Waals surface area contributed by atoms with Crippen LogP contribution in [-0.4, -0.2) is 19.9 Å². The van der Waals surface area contributed by atoms with E-state index in [4.69, 9.17) is 4.98 Å². The highest BCUT2D eigenvalue weighted by atomic mass is 32.1. The Morgan fingerprint density at radius 1 is 0.913 bits per heavy atom. The number of fused-ring (bicyclic) bond motifs is 4. The van der Waals surface area contributed by atoms with E-state index in [1.807, 2.05) is 36.5 Å². The first-order chi connectivity index (χ1) is 11.4. The molecular weight excluding hydrogens is 304 g/mol. The summed E-state index contributed by atoms with van der Waals surface area (Å²) in [5.41, 5.74) is 2.69. The summed E-state index contributed by atoms with van der Waals surface area (Å²) in [6, 6.07) is 14.2. The third kappa shape index (κ3) is 1.90. The molecule has 0 saturated heterocycles. The van der Waals surface area contributed by atoms with Crippen molar-refractivity contribution in [3.8, 4) is 11.4 Å². The highest BCUT2D eigenvalue weighted by Gasteiger charge is 2.14. The Labute approximate surface area is 135 Å². The fourth-order valence-corrected chi connectivity index (χ4v) is 3.85. The maximum absolute atomic E-state index is 4.78. The Kier molecular flexibility index (Phi) is 2.63. The van der Waals surface area contributed by atoms with Crippen molar-refractivity contribution in [2.45, 2.75) is 0 Å². The SMILES string of the molecule is c1ccc2nc(-c3ncnc4sc5ccncc5c34)ccc2c1. The van der Waals surface area contributed by atoms with Crippen molar-refractivity contribution >= 4 is 42.5 Å². The zero-order chi connectivity index (χ0) is 15.2. The van der Waals surface area contributed by atoms with Crippen molar-refractivity contribution in [3.05, 3.63) is 61.2 Å². The van der Waals surface area contributed by atoms with E-state index < -0.39 is 0 Å². The highest BCUT2D eigenvalue weighted by molar-refractivity contribution is 7.25. The largest absolute Gasteiger partial charge is 0.264 e. The summed E-state index contributed by atoms with van der Waals surface area (Å²) in [6.45, 7) is 0. The van der Waals surface area contributed by atoms with Crippen LogP contribution in [0.5, 0.6) is 0 Å².